The quantitative estimate of drug-likeness (QED) is 0.111. The maximum atomic E-state index is 14.3. The van der Waals surface area contributed by atoms with Crippen molar-refractivity contribution >= 4 is 88.9 Å². The monoisotopic (exact) mass is 868 g/mol. The van der Waals surface area contributed by atoms with Crippen LogP contribution < -0.4 is 10.2 Å². The smallest absolute Gasteiger partial charge is 0.224 e. The van der Waals surface area contributed by atoms with Crippen LogP contribution in [-0.2, 0) is 19.4 Å². The minimum atomic E-state index is -3.45. The Morgan fingerprint density at radius 3 is 2.07 bits per heavy atom. The summed E-state index contributed by atoms with van der Waals surface area (Å²) in [6, 6.07) is 14.6. The number of amides is 1. The van der Waals surface area contributed by atoms with Crippen LogP contribution in [0.3, 0.4) is 0 Å². The van der Waals surface area contributed by atoms with Crippen LogP contribution in [0.2, 0.25) is 15.1 Å². The number of sulfone groups is 1. The number of rotatable bonds is 6. The summed E-state index contributed by atoms with van der Waals surface area (Å²) < 4.78 is 42.5. The zero-order chi connectivity index (χ0) is 41.1. The number of nitrogens with zero attached hydrogens (tertiary/aromatic N) is 4. The molecule has 0 spiro atoms. The Morgan fingerprint density at radius 1 is 0.845 bits per heavy atom. The van der Waals surface area contributed by atoms with Gasteiger partial charge in [-0.05, 0) is 84.8 Å². The van der Waals surface area contributed by atoms with E-state index in [0.717, 1.165) is 90.9 Å². The third-order valence-electron chi connectivity index (χ3n) is 10.4. The molecule has 0 aliphatic carbocycles. The van der Waals surface area contributed by atoms with E-state index in [2.05, 4.69) is 40.8 Å². The fourth-order valence-electron chi connectivity index (χ4n) is 7.41. The fraction of sp³-hybridized carbons (Fsp3) is 0.300. The number of carbonyl (C=O) groups is 1. The molecule has 2 aliphatic heterocycles. The average molecular weight is 870 g/mol. The molecular formula is C40H40Cl3FN8O5S. The fourth-order valence-corrected chi connectivity index (χ4v) is 8.70. The van der Waals surface area contributed by atoms with Gasteiger partial charge in [-0.2, -0.15) is 15.3 Å². The Bertz CT molecular complexity index is 2700. The van der Waals surface area contributed by atoms with Gasteiger partial charge in [0.05, 0.1) is 52.1 Å². The van der Waals surface area contributed by atoms with E-state index < -0.39 is 21.8 Å². The van der Waals surface area contributed by atoms with E-state index in [9.17, 15) is 22.7 Å². The summed E-state index contributed by atoms with van der Waals surface area (Å²) in [4.78, 5) is 13.8. The first-order valence-electron chi connectivity index (χ1n) is 18.4. The molecule has 304 valence electrons. The Hall–Kier alpha value is -4.77. The van der Waals surface area contributed by atoms with Crippen LogP contribution in [0.15, 0.2) is 78.1 Å². The molecule has 0 radical (unpaired) electrons. The van der Waals surface area contributed by atoms with E-state index in [0.29, 0.717) is 31.5 Å². The van der Waals surface area contributed by atoms with E-state index in [1.54, 1.807) is 37.8 Å². The molecule has 13 nitrogen and oxygen atoms in total. The standard InChI is InChI=1S/C14H10ClFN2O2S.C13H15ClN4O.C13H15ClN2O2/c1-21(19,20)9-2-3-10(13(16)6-9)11-4-8(15)5-14-12(11)7-17-18-14;1-15-13(19)8-2-3-18(7-8)12-5-9(14)4-11-10(12)6-16-17-11;14-9-5-10(11-7-15-16-12(11)6-9)13(17)8-1-3-18-4-2-8/h2-7H,1H3,(H,17,18);4-6,8H,2-3,7H2,1H3,(H,15,19)(H,16,17);5-8,13,17H,1-4H2,(H,15,16). The van der Waals surface area contributed by atoms with E-state index in [-0.39, 0.29) is 28.2 Å². The number of anilines is 1. The summed E-state index contributed by atoms with van der Waals surface area (Å²) in [6.07, 6.45) is 8.27. The second-order valence-corrected chi connectivity index (χ2v) is 17.5. The first kappa shape index (κ1) is 41.4. The van der Waals surface area contributed by atoms with Gasteiger partial charge in [-0.25, -0.2) is 12.8 Å². The number of halogens is 4. The molecule has 2 fully saturated rings. The van der Waals surface area contributed by atoms with Crippen molar-refractivity contribution < 1.29 is 27.4 Å². The molecule has 18 heteroatoms. The van der Waals surface area contributed by atoms with Crippen LogP contribution in [0.25, 0.3) is 43.8 Å². The molecular weight excluding hydrogens is 830 g/mol. The number of aromatic nitrogens is 6. The molecule has 5 N–H and O–H groups in total. The van der Waals surface area contributed by atoms with Crippen molar-refractivity contribution in [1.82, 2.24) is 35.9 Å². The van der Waals surface area contributed by atoms with Gasteiger partial charge in [0.25, 0.3) is 0 Å². The molecule has 2 unspecified atom stereocenters. The molecule has 2 atom stereocenters. The van der Waals surface area contributed by atoms with Gasteiger partial charge in [-0.3, -0.25) is 20.1 Å². The van der Waals surface area contributed by atoms with Crippen molar-refractivity contribution in [1.29, 1.82) is 0 Å². The maximum absolute atomic E-state index is 14.3. The van der Waals surface area contributed by atoms with E-state index in [1.165, 1.54) is 12.1 Å². The summed E-state index contributed by atoms with van der Waals surface area (Å²) in [7, 11) is -1.77. The lowest BCUT2D eigenvalue weighted by Crippen LogP contribution is -2.30. The minimum absolute atomic E-state index is 0.0472. The Labute approximate surface area is 348 Å². The number of nitrogens with one attached hydrogen (secondary N) is 4. The zero-order valence-electron chi connectivity index (χ0n) is 31.4. The lowest BCUT2D eigenvalue weighted by molar-refractivity contribution is -0.123. The number of aliphatic hydroxyl groups excluding tert-OH is 1. The molecule has 58 heavy (non-hydrogen) atoms. The Balaban J connectivity index is 0.000000133. The second-order valence-electron chi connectivity index (χ2n) is 14.2. The van der Waals surface area contributed by atoms with Crippen molar-refractivity contribution in [2.24, 2.45) is 11.8 Å². The highest BCUT2D eigenvalue weighted by Gasteiger charge is 2.29. The van der Waals surface area contributed by atoms with E-state index in [1.807, 2.05) is 24.3 Å². The van der Waals surface area contributed by atoms with E-state index >= 15 is 0 Å². The van der Waals surface area contributed by atoms with Gasteiger partial charge in [0.2, 0.25) is 5.91 Å². The van der Waals surface area contributed by atoms with Crippen molar-refractivity contribution in [3.05, 3.63) is 99.6 Å². The van der Waals surface area contributed by atoms with Crippen molar-refractivity contribution in [3.8, 4) is 11.1 Å². The summed E-state index contributed by atoms with van der Waals surface area (Å²) in [5, 5.41) is 38.2. The maximum Gasteiger partial charge on any atom is 0.224 e. The highest BCUT2D eigenvalue weighted by molar-refractivity contribution is 7.90. The molecule has 0 bridgehead atoms. The summed E-state index contributed by atoms with van der Waals surface area (Å²) >= 11 is 18.2. The van der Waals surface area contributed by atoms with Gasteiger partial charge in [-0.15, -0.1) is 0 Å². The van der Waals surface area contributed by atoms with E-state index in [4.69, 9.17) is 39.5 Å². The molecule has 2 aliphatic rings. The second kappa shape index (κ2) is 17.6. The minimum Gasteiger partial charge on any atom is -0.388 e. The van der Waals surface area contributed by atoms with Gasteiger partial charge < -0.3 is 20.1 Å². The van der Waals surface area contributed by atoms with Gasteiger partial charge in [-0.1, -0.05) is 40.9 Å². The van der Waals surface area contributed by atoms with Crippen molar-refractivity contribution in [2.75, 3.05) is 44.5 Å². The van der Waals surface area contributed by atoms with Gasteiger partial charge in [0, 0.05) is 82.1 Å². The van der Waals surface area contributed by atoms with Gasteiger partial charge in [0.15, 0.2) is 9.84 Å². The number of carbonyl (C=O) groups excluding carboxylic acids is 1. The number of fused-ring (bicyclic) bond motifs is 3. The molecule has 5 heterocycles. The molecule has 1 amide bonds. The highest BCUT2D eigenvalue weighted by atomic mass is 35.5. The number of aliphatic hydroxyl groups is 1. The number of hydrogen-bond donors (Lipinski definition) is 5. The van der Waals surface area contributed by atoms with Crippen LogP contribution in [0.1, 0.15) is 30.9 Å². The first-order valence-corrected chi connectivity index (χ1v) is 21.4. The summed E-state index contributed by atoms with van der Waals surface area (Å²) in [6.45, 7) is 3.02. The lowest BCUT2D eigenvalue weighted by Gasteiger charge is -2.27. The highest BCUT2D eigenvalue weighted by Crippen LogP contribution is 2.37. The molecule has 9 rings (SSSR count). The normalized spacial score (nSPS) is 16.5. The predicted octanol–water partition coefficient (Wildman–Crippen LogP) is 7.89. The number of ether oxygens (including phenoxy) is 1. The Morgan fingerprint density at radius 2 is 1.43 bits per heavy atom. The summed E-state index contributed by atoms with van der Waals surface area (Å²) in [5.74, 6) is -0.239. The zero-order valence-corrected chi connectivity index (χ0v) is 34.5. The predicted molar refractivity (Wildman–Crippen MR) is 225 cm³/mol. The van der Waals surface area contributed by atoms with Crippen LogP contribution in [0, 0.1) is 17.7 Å². The van der Waals surface area contributed by atoms with Gasteiger partial charge >= 0.3 is 0 Å². The number of aromatic amines is 3. The molecule has 4 aromatic carbocycles. The molecule has 3 aromatic heterocycles. The average Bonchev–Trinajstić information content (AvgIpc) is 4.04. The van der Waals surface area contributed by atoms with Crippen molar-refractivity contribution in [2.45, 2.75) is 30.3 Å². The SMILES string of the molecule is CNC(=O)C1CCN(c2cc(Cl)cc3[nH]ncc23)C1.CS(=O)(=O)c1ccc(-c2cc(Cl)cc3[nH]ncc23)c(F)c1.OC(c1cc(Cl)cc2[nH]ncc12)C1CCOCC1. The van der Waals surface area contributed by atoms with Crippen LogP contribution in [-0.4, -0.2) is 89.6 Å². The number of hydrogen-bond acceptors (Lipinski definition) is 9. The van der Waals surface area contributed by atoms with Gasteiger partial charge in [0.1, 0.15) is 5.82 Å². The Kier molecular flexibility index (Phi) is 12.6. The number of H-pyrrole nitrogens is 3. The summed E-state index contributed by atoms with van der Waals surface area (Å²) in [5.41, 5.74) is 5.21. The molecule has 7 aromatic rings. The topological polar surface area (TPSA) is 182 Å². The third kappa shape index (κ3) is 9.09. The number of benzene rings is 4. The third-order valence-corrected chi connectivity index (χ3v) is 12.2. The van der Waals surface area contributed by atoms with Crippen molar-refractivity contribution in [3.63, 3.8) is 0 Å². The van der Waals surface area contributed by atoms with Crippen LogP contribution in [0.5, 0.6) is 0 Å². The lowest BCUT2D eigenvalue weighted by atomic mass is 9.88. The first-order chi connectivity index (χ1) is 27.8. The molecule has 0 saturated carbocycles. The van der Waals surface area contributed by atoms with Crippen LogP contribution in [0.4, 0.5) is 10.1 Å². The molecule has 2 saturated heterocycles. The largest absolute Gasteiger partial charge is 0.388 e. The van der Waals surface area contributed by atoms with Crippen LogP contribution >= 0.6 is 34.8 Å².